The maximum atomic E-state index is 14.2. The fourth-order valence-electron chi connectivity index (χ4n) is 5.15. The second kappa shape index (κ2) is 12.4. The van der Waals surface area contributed by atoms with E-state index >= 15 is 0 Å². The molecule has 6 rings (SSSR count). The predicted molar refractivity (Wildman–Crippen MR) is 165 cm³/mol. The van der Waals surface area contributed by atoms with Crippen LogP contribution in [0.25, 0.3) is 16.8 Å². The molecule has 4 heterocycles. The molecule has 1 aliphatic rings. The van der Waals surface area contributed by atoms with Gasteiger partial charge >= 0.3 is 5.97 Å². The summed E-state index contributed by atoms with van der Waals surface area (Å²) >= 11 is 2.54. The van der Waals surface area contributed by atoms with Gasteiger partial charge in [0.1, 0.15) is 17.6 Å². The van der Waals surface area contributed by atoms with E-state index in [0.29, 0.717) is 54.3 Å². The van der Waals surface area contributed by atoms with Crippen molar-refractivity contribution in [3.8, 4) is 5.75 Å². The van der Waals surface area contributed by atoms with Crippen LogP contribution in [0, 0.1) is 0 Å². The molecule has 43 heavy (non-hydrogen) atoms. The molecular formula is C32H28N4O5S2. The van der Waals surface area contributed by atoms with Crippen molar-refractivity contribution < 1.29 is 18.7 Å². The van der Waals surface area contributed by atoms with Crippen LogP contribution in [0.1, 0.15) is 44.1 Å². The molecule has 0 saturated carbocycles. The van der Waals surface area contributed by atoms with Gasteiger partial charge in [0.05, 0.1) is 29.5 Å². The average molecular weight is 613 g/mol. The normalized spacial score (nSPS) is 15.0. The third-order valence-electron chi connectivity index (χ3n) is 6.93. The van der Waals surface area contributed by atoms with Crippen LogP contribution in [0.2, 0.25) is 0 Å². The highest BCUT2D eigenvalue weighted by Gasteiger charge is 2.37. The van der Waals surface area contributed by atoms with E-state index in [4.69, 9.17) is 18.9 Å². The van der Waals surface area contributed by atoms with Gasteiger partial charge < -0.3 is 13.9 Å². The lowest BCUT2D eigenvalue weighted by Crippen LogP contribution is -2.40. The minimum absolute atomic E-state index is 0.193. The number of aromatic nitrogens is 3. The SMILES string of the molecule is CCCC1=C(C(=O)OCC)[C@H](c2c(OC)ccc3ccccc23)n2c(s/c(=C/c3ccc(Sc4ncccn4)o3)c2=O)=N1. The number of methoxy groups -OCH3 is 1. The fraction of sp³-hybridized carbons (Fsp3) is 0.219. The van der Waals surface area contributed by atoms with E-state index in [2.05, 4.69) is 9.97 Å². The van der Waals surface area contributed by atoms with Gasteiger partial charge in [-0.3, -0.25) is 9.36 Å². The highest BCUT2D eigenvalue weighted by atomic mass is 32.2. The molecule has 2 aromatic carbocycles. The molecule has 0 amide bonds. The Bertz CT molecular complexity index is 2030. The van der Waals surface area contributed by atoms with Crippen molar-refractivity contribution in [3.05, 3.63) is 109 Å². The summed E-state index contributed by atoms with van der Waals surface area (Å²) in [4.78, 5) is 41.7. The van der Waals surface area contributed by atoms with Crippen LogP contribution in [-0.2, 0) is 9.53 Å². The standard InChI is InChI=1S/C32H28N4O5S2/c1-4-9-22-27(30(38)40-5-2)28(26-21-11-7-6-10-19(21)12-14-23(26)39-3)36-29(37)24(42-32(36)35-22)18-20-13-15-25(41-20)43-31-33-16-8-17-34-31/h6-8,10-18,28H,4-5,9H2,1-3H3/b24-18+/t28-/m0/s1. The third kappa shape index (κ3) is 5.53. The topological polar surface area (TPSA) is 109 Å². The lowest BCUT2D eigenvalue weighted by molar-refractivity contribution is -0.139. The molecule has 0 fully saturated rings. The van der Waals surface area contributed by atoms with Crippen molar-refractivity contribution in [1.29, 1.82) is 0 Å². The lowest BCUT2D eigenvalue weighted by Gasteiger charge is -2.28. The first kappa shape index (κ1) is 28.6. The van der Waals surface area contributed by atoms with Crippen LogP contribution in [0.3, 0.4) is 0 Å². The van der Waals surface area contributed by atoms with E-state index < -0.39 is 12.0 Å². The number of benzene rings is 2. The number of carbonyl (C=O) groups excluding carboxylic acids is 1. The number of nitrogens with zero attached hydrogens (tertiary/aromatic N) is 4. The van der Waals surface area contributed by atoms with Crippen LogP contribution in [0.15, 0.2) is 103 Å². The Hall–Kier alpha value is -4.48. The Morgan fingerprint density at radius 1 is 1.09 bits per heavy atom. The maximum Gasteiger partial charge on any atom is 0.338 e. The first-order valence-electron chi connectivity index (χ1n) is 13.8. The molecule has 9 nitrogen and oxygen atoms in total. The van der Waals surface area contributed by atoms with Crippen LogP contribution < -0.4 is 19.6 Å². The van der Waals surface area contributed by atoms with Crippen LogP contribution in [-0.4, -0.2) is 34.2 Å². The number of hydrogen-bond donors (Lipinski definition) is 0. The first-order chi connectivity index (χ1) is 21.0. The zero-order chi connectivity index (χ0) is 29.9. The molecule has 0 unspecified atom stereocenters. The molecule has 11 heteroatoms. The van der Waals surface area contributed by atoms with Gasteiger partial charge in [-0.1, -0.05) is 55.0 Å². The Balaban J connectivity index is 1.56. The van der Waals surface area contributed by atoms with Crippen molar-refractivity contribution in [2.24, 2.45) is 4.99 Å². The van der Waals surface area contributed by atoms with E-state index in [1.54, 1.807) is 49.2 Å². The molecule has 0 aliphatic carbocycles. The summed E-state index contributed by atoms with van der Waals surface area (Å²) in [5, 5.41) is 2.98. The molecule has 218 valence electrons. The van der Waals surface area contributed by atoms with Crippen molar-refractivity contribution in [2.75, 3.05) is 13.7 Å². The summed E-state index contributed by atoms with van der Waals surface area (Å²) in [6.07, 6.45) is 6.33. The zero-order valence-corrected chi connectivity index (χ0v) is 25.4. The highest BCUT2D eigenvalue weighted by molar-refractivity contribution is 7.99. The summed E-state index contributed by atoms with van der Waals surface area (Å²) in [7, 11) is 1.59. The number of thiazole rings is 1. The van der Waals surface area contributed by atoms with Crippen LogP contribution >= 0.6 is 23.1 Å². The Labute approximate surface area is 255 Å². The minimum atomic E-state index is -0.807. The highest BCUT2D eigenvalue weighted by Crippen LogP contribution is 2.41. The lowest BCUT2D eigenvalue weighted by atomic mass is 9.90. The number of ether oxygens (including phenoxy) is 2. The van der Waals surface area contributed by atoms with Gasteiger partial charge in [0.15, 0.2) is 15.1 Å². The van der Waals surface area contributed by atoms with Crippen molar-refractivity contribution in [2.45, 2.75) is 43.0 Å². The molecule has 3 aromatic heterocycles. The number of allylic oxidation sites excluding steroid dienone is 1. The number of hydrogen-bond acceptors (Lipinski definition) is 10. The largest absolute Gasteiger partial charge is 0.496 e. The van der Waals surface area contributed by atoms with E-state index in [1.165, 1.54) is 23.1 Å². The predicted octanol–water partition coefficient (Wildman–Crippen LogP) is 5.27. The van der Waals surface area contributed by atoms with Gasteiger partial charge in [0.2, 0.25) is 0 Å². The molecule has 1 atom stereocenters. The molecule has 0 bridgehead atoms. The maximum absolute atomic E-state index is 14.2. The number of esters is 1. The van der Waals surface area contributed by atoms with E-state index in [-0.39, 0.29) is 12.2 Å². The zero-order valence-electron chi connectivity index (χ0n) is 23.8. The van der Waals surface area contributed by atoms with Gasteiger partial charge in [-0.25, -0.2) is 19.8 Å². The quantitative estimate of drug-likeness (QED) is 0.164. The van der Waals surface area contributed by atoms with E-state index in [9.17, 15) is 9.59 Å². The first-order valence-corrected chi connectivity index (χ1v) is 15.5. The van der Waals surface area contributed by atoms with Crippen molar-refractivity contribution in [3.63, 3.8) is 0 Å². The summed E-state index contributed by atoms with van der Waals surface area (Å²) in [6, 6.07) is 16.2. The van der Waals surface area contributed by atoms with Gasteiger partial charge in [-0.2, -0.15) is 0 Å². The fourth-order valence-corrected chi connectivity index (χ4v) is 6.83. The summed E-state index contributed by atoms with van der Waals surface area (Å²) in [5.74, 6) is 0.565. The number of fused-ring (bicyclic) bond motifs is 2. The molecule has 0 N–H and O–H groups in total. The monoisotopic (exact) mass is 612 g/mol. The summed E-state index contributed by atoms with van der Waals surface area (Å²) in [5.41, 5.74) is 1.36. The van der Waals surface area contributed by atoms with Gasteiger partial charge in [-0.05, 0) is 60.1 Å². The van der Waals surface area contributed by atoms with E-state index in [1.807, 2.05) is 49.4 Å². The Morgan fingerprint density at radius 2 is 1.91 bits per heavy atom. The molecule has 0 saturated heterocycles. The average Bonchev–Trinajstić information content (AvgIpc) is 3.59. The van der Waals surface area contributed by atoms with Gasteiger partial charge in [0, 0.05) is 24.0 Å². The van der Waals surface area contributed by atoms with Crippen LogP contribution in [0.5, 0.6) is 5.75 Å². The summed E-state index contributed by atoms with van der Waals surface area (Å²) in [6.45, 7) is 3.99. The van der Waals surface area contributed by atoms with Gasteiger partial charge in [0.25, 0.3) is 5.56 Å². The number of rotatable bonds is 9. The molecule has 5 aromatic rings. The second-order valence-electron chi connectivity index (χ2n) is 9.61. The smallest absolute Gasteiger partial charge is 0.338 e. The van der Waals surface area contributed by atoms with Crippen LogP contribution in [0.4, 0.5) is 0 Å². The minimum Gasteiger partial charge on any atom is -0.496 e. The molecule has 0 radical (unpaired) electrons. The Kier molecular flexibility index (Phi) is 8.26. The number of furan rings is 1. The van der Waals surface area contributed by atoms with Gasteiger partial charge in [-0.15, -0.1) is 0 Å². The number of carbonyl (C=O) groups is 1. The third-order valence-corrected chi connectivity index (χ3v) is 8.72. The molecule has 1 aliphatic heterocycles. The molecule has 0 spiro atoms. The summed E-state index contributed by atoms with van der Waals surface area (Å²) < 4.78 is 19.4. The van der Waals surface area contributed by atoms with Crippen molar-refractivity contribution >= 4 is 45.9 Å². The molecular weight excluding hydrogens is 585 g/mol. The second-order valence-corrected chi connectivity index (χ2v) is 11.6. The Morgan fingerprint density at radius 3 is 2.67 bits per heavy atom. The van der Waals surface area contributed by atoms with E-state index in [0.717, 1.165) is 17.2 Å². The van der Waals surface area contributed by atoms with Crippen molar-refractivity contribution in [1.82, 2.24) is 14.5 Å².